The second-order valence-electron chi connectivity index (χ2n) is 6.68. The topological polar surface area (TPSA) is 92.9 Å². The lowest BCUT2D eigenvalue weighted by molar-refractivity contribution is -0.384. The number of aryl methyl sites for hydroxylation is 2. The minimum atomic E-state index is -0.682. The van der Waals surface area contributed by atoms with Crippen LogP contribution in [0.25, 0.3) is 10.8 Å². The maximum atomic E-state index is 12.9. The molecule has 0 saturated carbocycles. The number of carbonyl (C=O) groups excluding carboxylic acids is 2. The number of nitrogens with zero attached hydrogens (tertiary/aromatic N) is 3. The largest absolute Gasteiger partial charge is 0.282 e. The lowest BCUT2D eigenvalue weighted by atomic mass is 9.94. The Bertz CT molecular complexity index is 1210. The number of benzene rings is 3. The van der Waals surface area contributed by atoms with Crippen LogP contribution in [0.2, 0.25) is 0 Å². The van der Waals surface area contributed by atoms with E-state index in [2.05, 4.69) is 5.10 Å². The molecule has 0 N–H and O–H groups in total. The summed E-state index contributed by atoms with van der Waals surface area (Å²) in [5.41, 5.74) is 3.00. The Balaban J connectivity index is 1.83. The van der Waals surface area contributed by atoms with Crippen molar-refractivity contribution in [3.8, 4) is 0 Å². The fraction of sp³-hybridized carbons (Fsp3) is 0.0952. The first-order valence-electron chi connectivity index (χ1n) is 8.58. The van der Waals surface area contributed by atoms with E-state index < -0.39 is 16.7 Å². The molecule has 4 rings (SSSR count). The first kappa shape index (κ1) is 17.5. The van der Waals surface area contributed by atoms with Gasteiger partial charge in [-0.15, -0.1) is 0 Å². The van der Waals surface area contributed by atoms with Crippen molar-refractivity contribution in [1.82, 2.24) is 5.01 Å². The van der Waals surface area contributed by atoms with Crippen LogP contribution in [0.3, 0.4) is 0 Å². The molecule has 1 aliphatic rings. The Morgan fingerprint density at radius 2 is 1.75 bits per heavy atom. The Morgan fingerprint density at radius 1 is 1.00 bits per heavy atom. The highest BCUT2D eigenvalue weighted by Crippen LogP contribution is 2.33. The van der Waals surface area contributed by atoms with E-state index >= 15 is 0 Å². The van der Waals surface area contributed by atoms with Crippen molar-refractivity contribution in [1.29, 1.82) is 0 Å². The van der Waals surface area contributed by atoms with Crippen LogP contribution in [0.15, 0.2) is 53.6 Å². The summed E-state index contributed by atoms with van der Waals surface area (Å²) in [4.78, 5) is 36.4. The number of nitro groups is 1. The van der Waals surface area contributed by atoms with Gasteiger partial charge in [0.1, 0.15) is 0 Å². The van der Waals surface area contributed by atoms with Gasteiger partial charge in [-0.3, -0.25) is 19.7 Å². The molecule has 1 aliphatic heterocycles. The molecule has 0 aromatic heterocycles. The molecule has 2 amide bonds. The summed E-state index contributed by atoms with van der Waals surface area (Å²) >= 11 is 0. The summed E-state index contributed by atoms with van der Waals surface area (Å²) in [6, 6.07) is 13.2. The van der Waals surface area contributed by atoms with Crippen LogP contribution in [-0.2, 0) is 0 Å². The number of hydrogen-bond acceptors (Lipinski definition) is 5. The van der Waals surface area contributed by atoms with Crippen LogP contribution in [0.1, 0.15) is 37.4 Å². The van der Waals surface area contributed by atoms with Gasteiger partial charge >= 0.3 is 0 Å². The average molecular weight is 373 g/mol. The van der Waals surface area contributed by atoms with Gasteiger partial charge in [-0.2, -0.15) is 10.1 Å². The molecule has 0 fully saturated rings. The third kappa shape index (κ3) is 2.73. The number of amides is 2. The molecule has 0 aliphatic carbocycles. The van der Waals surface area contributed by atoms with Gasteiger partial charge in [-0.25, -0.2) is 0 Å². The van der Waals surface area contributed by atoms with E-state index in [0.29, 0.717) is 16.3 Å². The van der Waals surface area contributed by atoms with E-state index in [1.54, 1.807) is 18.2 Å². The number of imide groups is 1. The Morgan fingerprint density at radius 3 is 2.46 bits per heavy atom. The van der Waals surface area contributed by atoms with Gasteiger partial charge in [-0.05, 0) is 36.4 Å². The molecule has 0 bridgehead atoms. The van der Waals surface area contributed by atoms with Gasteiger partial charge in [0, 0.05) is 17.5 Å². The molecule has 0 radical (unpaired) electrons. The number of carbonyl (C=O) groups is 2. The standard InChI is InChI=1S/C21H15N3O4/c1-12-6-7-15(13(2)8-12)11-22-23-20(25)17-5-3-4-14-9-16(24(27)28)10-18(19(14)17)21(23)26/h3-11H,1-2H3. The van der Waals surface area contributed by atoms with Crippen molar-refractivity contribution in [2.24, 2.45) is 5.10 Å². The molecule has 3 aromatic rings. The molecule has 0 saturated heterocycles. The molecule has 28 heavy (non-hydrogen) atoms. The minimum absolute atomic E-state index is 0.0946. The van der Waals surface area contributed by atoms with Crippen molar-refractivity contribution in [2.75, 3.05) is 0 Å². The first-order valence-corrected chi connectivity index (χ1v) is 8.58. The highest BCUT2D eigenvalue weighted by Gasteiger charge is 2.34. The summed E-state index contributed by atoms with van der Waals surface area (Å²) in [5.74, 6) is -1.24. The number of non-ortho nitro benzene ring substituents is 1. The molecule has 3 aromatic carbocycles. The maximum absolute atomic E-state index is 12.9. The van der Waals surface area contributed by atoms with Crippen molar-refractivity contribution < 1.29 is 14.5 Å². The fourth-order valence-electron chi connectivity index (χ4n) is 3.38. The van der Waals surface area contributed by atoms with Crippen LogP contribution >= 0.6 is 0 Å². The minimum Gasteiger partial charge on any atom is -0.267 e. The quantitative estimate of drug-likeness (QED) is 0.300. The SMILES string of the molecule is Cc1ccc(C=NN2C(=O)c3cccc4cc([N+](=O)[O-])cc(c34)C2=O)c(C)c1. The molecular weight excluding hydrogens is 358 g/mol. The lowest BCUT2D eigenvalue weighted by Gasteiger charge is -2.23. The van der Waals surface area contributed by atoms with E-state index in [4.69, 9.17) is 0 Å². The predicted molar refractivity (Wildman–Crippen MR) is 105 cm³/mol. The normalized spacial score (nSPS) is 13.6. The second kappa shape index (κ2) is 6.38. The Labute approximate surface area is 160 Å². The summed E-state index contributed by atoms with van der Waals surface area (Å²) in [6.07, 6.45) is 1.45. The van der Waals surface area contributed by atoms with E-state index in [1.807, 2.05) is 32.0 Å². The van der Waals surface area contributed by atoms with Crippen molar-refractivity contribution in [2.45, 2.75) is 13.8 Å². The Kier molecular flexibility index (Phi) is 4.00. The van der Waals surface area contributed by atoms with Crippen LogP contribution in [0.4, 0.5) is 5.69 Å². The average Bonchev–Trinajstić information content (AvgIpc) is 2.66. The van der Waals surface area contributed by atoms with Gasteiger partial charge in [0.15, 0.2) is 0 Å². The summed E-state index contributed by atoms with van der Waals surface area (Å²) in [6.45, 7) is 3.88. The summed E-state index contributed by atoms with van der Waals surface area (Å²) in [7, 11) is 0. The van der Waals surface area contributed by atoms with E-state index in [9.17, 15) is 19.7 Å². The molecular formula is C21H15N3O4. The predicted octanol–water partition coefficient (Wildman–Crippen LogP) is 3.99. The number of nitro benzene ring substituents is 1. The molecule has 1 heterocycles. The molecule has 0 atom stereocenters. The molecule has 0 unspecified atom stereocenters. The molecule has 7 heteroatoms. The van der Waals surface area contributed by atoms with Crippen LogP contribution in [-0.4, -0.2) is 28.0 Å². The molecule has 0 spiro atoms. The zero-order chi connectivity index (χ0) is 20.0. The van der Waals surface area contributed by atoms with Crippen molar-refractivity contribution in [3.05, 3.63) is 86.5 Å². The molecule has 138 valence electrons. The lowest BCUT2D eigenvalue weighted by Crippen LogP contribution is -2.36. The third-order valence-electron chi connectivity index (χ3n) is 4.76. The zero-order valence-electron chi connectivity index (χ0n) is 15.2. The maximum Gasteiger partial charge on any atom is 0.282 e. The highest BCUT2D eigenvalue weighted by molar-refractivity contribution is 6.25. The van der Waals surface area contributed by atoms with Crippen LogP contribution in [0.5, 0.6) is 0 Å². The van der Waals surface area contributed by atoms with E-state index in [0.717, 1.165) is 21.7 Å². The van der Waals surface area contributed by atoms with Gasteiger partial charge in [-0.1, -0.05) is 35.9 Å². The van der Waals surface area contributed by atoms with Crippen molar-refractivity contribution in [3.63, 3.8) is 0 Å². The fourth-order valence-corrected chi connectivity index (χ4v) is 3.38. The van der Waals surface area contributed by atoms with Gasteiger partial charge in [0.05, 0.1) is 22.3 Å². The second-order valence-corrected chi connectivity index (χ2v) is 6.68. The summed E-state index contributed by atoms with van der Waals surface area (Å²) in [5, 5.41) is 17.0. The number of hydrogen-bond donors (Lipinski definition) is 0. The number of hydrazone groups is 1. The molecule has 7 nitrogen and oxygen atoms in total. The number of rotatable bonds is 3. The van der Waals surface area contributed by atoms with Gasteiger partial charge < -0.3 is 0 Å². The monoisotopic (exact) mass is 373 g/mol. The van der Waals surface area contributed by atoms with Gasteiger partial charge in [0.25, 0.3) is 17.5 Å². The van der Waals surface area contributed by atoms with Crippen LogP contribution in [0, 0.1) is 24.0 Å². The van der Waals surface area contributed by atoms with Crippen molar-refractivity contribution >= 4 is 34.5 Å². The zero-order valence-corrected chi connectivity index (χ0v) is 15.2. The smallest absolute Gasteiger partial charge is 0.267 e. The summed E-state index contributed by atoms with van der Waals surface area (Å²) < 4.78 is 0. The highest BCUT2D eigenvalue weighted by atomic mass is 16.6. The first-order chi connectivity index (χ1) is 13.4. The van der Waals surface area contributed by atoms with E-state index in [1.165, 1.54) is 18.3 Å². The van der Waals surface area contributed by atoms with E-state index in [-0.39, 0.29) is 11.3 Å². The van der Waals surface area contributed by atoms with Crippen LogP contribution < -0.4 is 0 Å². The Hall–Kier alpha value is -3.87. The third-order valence-corrected chi connectivity index (χ3v) is 4.76. The van der Waals surface area contributed by atoms with Gasteiger partial charge in [0.2, 0.25) is 0 Å².